The van der Waals surface area contributed by atoms with E-state index in [1.54, 1.807) is 6.07 Å². The molecule has 1 aliphatic heterocycles. The average Bonchev–Trinajstić information content (AvgIpc) is 3.24. The highest BCUT2D eigenvalue weighted by Gasteiger charge is 2.31. The smallest absolute Gasteiger partial charge is 0.408 e. The van der Waals surface area contributed by atoms with Crippen LogP contribution in [0.3, 0.4) is 0 Å². The number of anilines is 1. The van der Waals surface area contributed by atoms with E-state index in [0.717, 1.165) is 46.7 Å². The van der Waals surface area contributed by atoms with Gasteiger partial charge in [-0.05, 0) is 61.9 Å². The number of hydrogen-bond donors (Lipinski definition) is 2. The van der Waals surface area contributed by atoms with Gasteiger partial charge in [0.15, 0.2) is 0 Å². The molecule has 0 amide bonds. The van der Waals surface area contributed by atoms with E-state index in [2.05, 4.69) is 15.4 Å². The standard InChI is InChI=1S/C28H33F3N4O4/c1-3-38-24-14-20(7-6-18(24)2)21(15-26(36)37)13-23-16-25(35(34-23)17-28(29,30)31)39-12-10-22-9-8-19-5-4-11-32-27(19)33-22/h6-9,14,16,21H,3-5,10-13,15,17H2,1-2H3,(H,32,33)(H,36,37). The predicted octanol–water partition coefficient (Wildman–Crippen LogP) is 5.33. The van der Waals surface area contributed by atoms with Gasteiger partial charge in [0, 0.05) is 30.6 Å². The molecule has 0 aliphatic carbocycles. The number of benzene rings is 1. The highest BCUT2D eigenvalue weighted by Crippen LogP contribution is 2.31. The fourth-order valence-corrected chi connectivity index (χ4v) is 4.67. The lowest BCUT2D eigenvalue weighted by Gasteiger charge is -2.17. The van der Waals surface area contributed by atoms with Crippen molar-refractivity contribution in [1.82, 2.24) is 14.8 Å². The van der Waals surface area contributed by atoms with E-state index < -0.39 is 24.6 Å². The molecule has 0 saturated heterocycles. The largest absolute Gasteiger partial charge is 0.494 e. The third-order valence-corrected chi connectivity index (χ3v) is 6.54. The summed E-state index contributed by atoms with van der Waals surface area (Å²) in [6.45, 7) is 3.86. The van der Waals surface area contributed by atoms with Crippen LogP contribution in [0.5, 0.6) is 11.6 Å². The Balaban J connectivity index is 1.51. The van der Waals surface area contributed by atoms with Gasteiger partial charge in [-0.1, -0.05) is 18.2 Å². The third-order valence-electron chi connectivity index (χ3n) is 6.54. The molecule has 8 nitrogen and oxygen atoms in total. The predicted molar refractivity (Wildman–Crippen MR) is 140 cm³/mol. The zero-order valence-electron chi connectivity index (χ0n) is 22.1. The van der Waals surface area contributed by atoms with Gasteiger partial charge in [-0.25, -0.2) is 9.67 Å². The van der Waals surface area contributed by atoms with Crippen molar-refractivity contribution in [2.45, 2.75) is 64.6 Å². The van der Waals surface area contributed by atoms with Crippen LogP contribution in [-0.4, -0.2) is 51.8 Å². The maximum absolute atomic E-state index is 13.3. The number of hydrogen-bond acceptors (Lipinski definition) is 6. The molecule has 0 radical (unpaired) electrons. The van der Waals surface area contributed by atoms with Crippen molar-refractivity contribution in [3.63, 3.8) is 0 Å². The monoisotopic (exact) mass is 546 g/mol. The van der Waals surface area contributed by atoms with Gasteiger partial charge < -0.3 is 19.9 Å². The highest BCUT2D eigenvalue weighted by molar-refractivity contribution is 5.68. The van der Waals surface area contributed by atoms with E-state index in [4.69, 9.17) is 9.47 Å². The molecule has 0 spiro atoms. The first-order valence-electron chi connectivity index (χ1n) is 13.1. The minimum Gasteiger partial charge on any atom is -0.494 e. The Morgan fingerprint density at radius 2 is 2.00 bits per heavy atom. The Hall–Kier alpha value is -3.76. The molecule has 4 rings (SSSR count). The number of aryl methyl sites for hydroxylation is 2. The van der Waals surface area contributed by atoms with Crippen LogP contribution in [0.25, 0.3) is 0 Å². The van der Waals surface area contributed by atoms with Crippen LogP contribution in [0.1, 0.15) is 53.8 Å². The first kappa shape index (κ1) is 28.3. The second-order valence-corrected chi connectivity index (χ2v) is 9.64. The van der Waals surface area contributed by atoms with Gasteiger partial charge in [-0.3, -0.25) is 4.79 Å². The lowest BCUT2D eigenvalue weighted by Crippen LogP contribution is -2.20. The fourth-order valence-electron chi connectivity index (χ4n) is 4.67. The van der Waals surface area contributed by atoms with Crippen molar-refractivity contribution in [2.24, 2.45) is 0 Å². The second kappa shape index (κ2) is 12.4. The zero-order valence-corrected chi connectivity index (χ0v) is 22.1. The van der Waals surface area contributed by atoms with E-state index in [1.807, 2.05) is 38.1 Å². The summed E-state index contributed by atoms with van der Waals surface area (Å²) in [5, 5.41) is 16.9. The molecule has 210 valence electrons. The average molecular weight is 547 g/mol. The topological polar surface area (TPSA) is 98.5 Å². The van der Waals surface area contributed by atoms with E-state index in [1.165, 1.54) is 6.07 Å². The van der Waals surface area contributed by atoms with Gasteiger partial charge in [-0.2, -0.15) is 18.3 Å². The number of carbonyl (C=O) groups is 1. The van der Waals surface area contributed by atoms with Crippen LogP contribution >= 0.6 is 0 Å². The number of aliphatic carboxylic acids is 1. The van der Waals surface area contributed by atoms with Crippen LogP contribution in [0.15, 0.2) is 36.4 Å². The summed E-state index contributed by atoms with van der Waals surface area (Å²) >= 11 is 0. The summed E-state index contributed by atoms with van der Waals surface area (Å²) in [6.07, 6.45) is -2.17. The molecule has 1 unspecified atom stereocenters. The minimum absolute atomic E-state index is 0.0219. The number of halogens is 3. The number of fused-ring (bicyclic) bond motifs is 1. The molecule has 39 heavy (non-hydrogen) atoms. The highest BCUT2D eigenvalue weighted by atomic mass is 19.4. The number of ether oxygens (including phenoxy) is 2. The first-order chi connectivity index (χ1) is 18.6. The third kappa shape index (κ3) is 7.87. The summed E-state index contributed by atoms with van der Waals surface area (Å²) in [5.41, 5.74) is 3.86. The summed E-state index contributed by atoms with van der Waals surface area (Å²) in [4.78, 5) is 16.2. The molecule has 1 aromatic carbocycles. The quantitative estimate of drug-likeness (QED) is 0.317. The molecule has 0 bridgehead atoms. The van der Waals surface area contributed by atoms with Gasteiger partial charge in [0.1, 0.15) is 18.1 Å². The lowest BCUT2D eigenvalue weighted by atomic mass is 9.90. The maximum Gasteiger partial charge on any atom is 0.408 e. The molecule has 0 saturated carbocycles. The van der Waals surface area contributed by atoms with Crippen LogP contribution in [0, 0.1) is 6.92 Å². The summed E-state index contributed by atoms with van der Waals surface area (Å²) < 4.78 is 52.1. The van der Waals surface area contributed by atoms with Gasteiger partial charge in [-0.15, -0.1) is 0 Å². The van der Waals surface area contributed by atoms with Crippen LogP contribution in [0.4, 0.5) is 19.0 Å². The van der Waals surface area contributed by atoms with E-state index in [-0.39, 0.29) is 25.3 Å². The van der Waals surface area contributed by atoms with Crippen LogP contribution < -0.4 is 14.8 Å². The van der Waals surface area contributed by atoms with Gasteiger partial charge >= 0.3 is 12.1 Å². The Morgan fingerprint density at radius 1 is 1.18 bits per heavy atom. The van der Waals surface area contributed by atoms with Crippen molar-refractivity contribution in [3.05, 3.63) is 64.5 Å². The second-order valence-electron chi connectivity index (χ2n) is 9.64. The number of aromatic nitrogens is 3. The lowest BCUT2D eigenvalue weighted by molar-refractivity contribution is -0.143. The summed E-state index contributed by atoms with van der Waals surface area (Å²) in [7, 11) is 0. The Kier molecular flexibility index (Phi) is 8.98. The van der Waals surface area contributed by atoms with E-state index >= 15 is 0 Å². The van der Waals surface area contributed by atoms with Crippen molar-refractivity contribution in [1.29, 1.82) is 0 Å². The normalized spacial score (nSPS) is 13.9. The number of pyridine rings is 1. The molecule has 11 heteroatoms. The molecular weight excluding hydrogens is 513 g/mol. The molecule has 2 aromatic heterocycles. The number of nitrogens with one attached hydrogen (secondary N) is 1. The number of nitrogens with zero attached hydrogens (tertiary/aromatic N) is 3. The summed E-state index contributed by atoms with van der Waals surface area (Å²) in [6, 6.07) is 10.8. The zero-order chi connectivity index (χ0) is 28.0. The summed E-state index contributed by atoms with van der Waals surface area (Å²) in [5.74, 6) is -0.0704. The maximum atomic E-state index is 13.3. The van der Waals surface area contributed by atoms with Crippen molar-refractivity contribution >= 4 is 11.8 Å². The van der Waals surface area contributed by atoms with Crippen molar-refractivity contribution < 1.29 is 32.5 Å². The molecular formula is C28H33F3N4O4. The van der Waals surface area contributed by atoms with Crippen molar-refractivity contribution in [3.8, 4) is 11.6 Å². The van der Waals surface area contributed by atoms with E-state index in [9.17, 15) is 23.1 Å². The van der Waals surface area contributed by atoms with Gasteiger partial charge in [0.25, 0.3) is 0 Å². The van der Waals surface area contributed by atoms with Crippen molar-refractivity contribution in [2.75, 3.05) is 25.1 Å². The van der Waals surface area contributed by atoms with Crippen LogP contribution in [-0.2, 0) is 30.6 Å². The SMILES string of the molecule is CCOc1cc(C(CC(=O)O)Cc2cc(OCCc3ccc4c(n3)NCCC4)n(CC(F)(F)F)n2)ccc1C. The first-order valence-corrected chi connectivity index (χ1v) is 13.1. The molecule has 1 aliphatic rings. The minimum atomic E-state index is -4.50. The van der Waals surface area contributed by atoms with Gasteiger partial charge in [0.05, 0.1) is 25.3 Å². The molecule has 1 atom stereocenters. The molecule has 3 aromatic rings. The fraction of sp³-hybridized carbons (Fsp3) is 0.464. The number of carboxylic acid groups (broad SMARTS) is 1. The van der Waals surface area contributed by atoms with Crippen LogP contribution in [0.2, 0.25) is 0 Å². The Labute approximate surface area is 225 Å². The number of carboxylic acids is 1. The molecule has 3 heterocycles. The van der Waals surface area contributed by atoms with E-state index in [0.29, 0.717) is 30.0 Å². The number of rotatable bonds is 12. The molecule has 0 fully saturated rings. The Bertz CT molecular complexity index is 1290. The molecule has 2 N–H and O–H groups in total. The number of alkyl halides is 3. The Morgan fingerprint density at radius 3 is 2.74 bits per heavy atom. The van der Waals surface area contributed by atoms with Gasteiger partial charge in [0.2, 0.25) is 5.88 Å².